The van der Waals surface area contributed by atoms with Gasteiger partial charge < -0.3 is 14.8 Å². The predicted molar refractivity (Wildman–Crippen MR) is 106 cm³/mol. The maximum Gasteiger partial charge on any atom is 0.255 e. The van der Waals surface area contributed by atoms with E-state index in [1.807, 2.05) is 18.2 Å². The number of hydrogen-bond donors (Lipinski definition) is 1. The van der Waals surface area contributed by atoms with Crippen molar-refractivity contribution >= 4 is 34.8 Å². The number of pyridine rings is 1. The molecule has 0 fully saturated rings. The van der Waals surface area contributed by atoms with Crippen LogP contribution < -0.4 is 14.8 Å². The van der Waals surface area contributed by atoms with Crippen molar-refractivity contribution in [2.24, 2.45) is 0 Å². The van der Waals surface area contributed by atoms with Crippen LogP contribution in [0.25, 0.3) is 0 Å². The average molecular weight is 403 g/mol. The summed E-state index contributed by atoms with van der Waals surface area (Å²) in [6.45, 7) is 0.335. The molecule has 0 atom stereocenters. The number of benzene rings is 2. The number of hydrogen-bond acceptors (Lipinski definition) is 4. The Morgan fingerprint density at radius 3 is 2.52 bits per heavy atom. The zero-order valence-electron chi connectivity index (χ0n) is 14.4. The largest absolute Gasteiger partial charge is 0.494 e. The first-order valence-electron chi connectivity index (χ1n) is 8.04. The van der Waals surface area contributed by atoms with E-state index in [9.17, 15) is 4.79 Å². The predicted octanol–water partition coefficient (Wildman–Crippen LogP) is 5.23. The SMILES string of the molecule is COc1c(Cl)cc(C(=O)Nc2cccc(OCc3ccccn3)c2)cc1Cl. The van der Waals surface area contributed by atoms with E-state index in [1.54, 1.807) is 30.5 Å². The van der Waals surface area contributed by atoms with Crippen molar-refractivity contribution in [3.63, 3.8) is 0 Å². The molecule has 0 aliphatic carbocycles. The highest BCUT2D eigenvalue weighted by atomic mass is 35.5. The van der Waals surface area contributed by atoms with Gasteiger partial charge in [0.1, 0.15) is 12.4 Å². The number of amides is 1. The van der Waals surface area contributed by atoms with Gasteiger partial charge in [0, 0.05) is 23.5 Å². The van der Waals surface area contributed by atoms with Crippen molar-refractivity contribution in [2.45, 2.75) is 6.61 Å². The molecule has 1 N–H and O–H groups in total. The molecule has 0 radical (unpaired) electrons. The Bertz CT molecular complexity index is 926. The fourth-order valence-electron chi connectivity index (χ4n) is 2.39. The number of nitrogens with zero attached hydrogens (tertiary/aromatic N) is 1. The molecular formula is C20H16Cl2N2O3. The quantitative estimate of drug-likeness (QED) is 0.613. The van der Waals surface area contributed by atoms with Crippen LogP contribution in [0.1, 0.15) is 16.1 Å². The maximum absolute atomic E-state index is 12.5. The highest BCUT2D eigenvalue weighted by molar-refractivity contribution is 6.37. The molecule has 1 aromatic heterocycles. The zero-order valence-corrected chi connectivity index (χ0v) is 15.9. The molecule has 0 bridgehead atoms. The minimum Gasteiger partial charge on any atom is -0.494 e. The van der Waals surface area contributed by atoms with Gasteiger partial charge in [0.2, 0.25) is 0 Å². The molecule has 5 nitrogen and oxygen atoms in total. The summed E-state index contributed by atoms with van der Waals surface area (Å²) in [6.07, 6.45) is 1.71. The molecule has 3 rings (SSSR count). The first-order valence-corrected chi connectivity index (χ1v) is 8.79. The fourth-order valence-corrected chi connectivity index (χ4v) is 3.04. The monoisotopic (exact) mass is 402 g/mol. The van der Waals surface area contributed by atoms with Crippen molar-refractivity contribution < 1.29 is 14.3 Å². The second-order valence-corrected chi connectivity index (χ2v) is 6.38. The molecule has 1 amide bonds. The molecule has 138 valence electrons. The van der Waals surface area contributed by atoms with Gasteiger partial charge in [-0.25, -0.2) is 0 Å². The number of carbonyl (C=O) groups excluding carboxylic acids is 1. The van der Waals surface area contributed by atoms with Gasteiger partial charge in [-0.1, -0.05) is 35.3 Å². The molecule has 2 aromatic carbocycles. The summed E-state index contributed by atoms with van der Waals surface area (Å²) in [6, 6.07) is 15.7. The lowest BCUT2D eigenvalue weighted by Gasteiger charge is -2.11. The van der Waals surface area contributed by atoms with Gasteiger partial charge in [0.15, 0.2) is 5.75 Å². The van der Waals surface area contributed by atoms with Crippen LogP contribution in [0.3, 0.4) is 0 Å². The van der Waals surface area contributed by atoms with Crippen molar-refractivity contribution in [1.82, 2.24) is 4.98 Å². The number of nitrogens with one attached hydrogen (secondary N) is 1. The van der Waals surface area contributed by atoms with E-state index in [0.717, 1.165) is 5.69 Å². The molecule has 3 aromatic rings. The molecule has 0 saturated heterocycles. The molecule has 0 aliphatic heterocycles. The third-order valence-corrected chi connectivity index (χ3v) is 4.23. The van der Waals surface area contributed by atoms with Crippen LogP contribution in [-0.2, 0) is 6.61 Å². The highest BCUT2D eigenvalue weighted by Gasteiger charge is 2.14. The minimum absolute atomic E-state index is 0.266. The van der Waals surface area contributed by atoms with Crippen molar-refractivity contribution in [3.8, 4) is 11.5 Å². The van der Waals surface area contributed by atoms with Crippen molar-refractivity contribution in [3.05, 3.63) is 82.1 Å². The van der Waals surface area contributed by atoms with E-state index in [-0.39, 0.29) is 16.0 Å². The topological polar surface area (TPSA) is 60.5 Å². The third kappa shape index (κ3) is 4.90. The molecule has 7 heteroatoms. The molecule has 1 heterocycles. The normalized spacial score (nSPS) is 10.3. The van der Waals surface area contributed by atoms with E-state index in [1.165, 1.54) is 19.2 Å². The first kappa shape index (κ1) is 19.0. The van der Waals surface area contributed by atoms with Crippen LogP contribution >= 0.6 is 23.2 Å². The lowest BCUT2D eigenvalue weighted by atomic mass is 10.2. The average Bonchev–Trinajstić information content (AvgIpc) is 2.67. The van der Waals surface area contributed by atoms with E-state index in [2.05, 4.69) is 10.3 Å². The van der Waals surface area contributed by atoms with Gasteiger partial charge in [-0.2, -0.15) is 0 Å². The second-order valence-electron chi connectivity index (χ2n) is 5.56. The molecule has 0 unspecified atom stereocenters. The Morgan fingerprint density at radius 1 is 1.07 bits per heavy atom. The number of methoxy groups -OCH3 is 1. The lowest BCUT2D eigenvalue weighted by molar-refractivity contribution is 0.102. The van der Waals surface area contributed by atoms with E-state index in [0.29, 0.717) is 29.4 Å². The number of rotatable bonds is 6. The van der Waals surface area contributed by atoms with Crippen LogP contribution in [0, 0.1) is 0 Å². The summed E-state index contributed by atoms with van der Waals surface area (Å²) in [5, 5.41) is 3.33. The van der Waals surface area contributed by atoms with Gasteiger partial charge in [-0.05, 0) is 36.4 Å². The molecule has 0 aliphatic rings. The maximum atomic E-state index is 12.5. The van der Waals surface area contributed by atoms with Gasteiger partial charge in [0.05, 0.1) is 22.8 Å². The van der Waals surface area contributed by atoms with Crippen LogP contribution in [0.2, 0.25) is 10.0 Å². The Hall–Kier alpha value is -2.76. The number of ether oxygens (including phenoxy) is 2. The van der Waals surface area contributed by atoms with Crippen molar-refractivity contribution in [2.75, 3.05) is 12.4 Å². The second kappa shape index (κ2) is 8.75. The van der Waals surface area contributed by atoms with Crippen molar-refractivity contribution in [1.29, 1.82) is 0 Å². The Labute approximate surface area is 166 Å². The van der Waals surface area contributed by atoms with Crippen LogP contribution in [0.15, 0.2) is 60.8 Å². The van der Waals surface area contributed by atoms with Gasteiger partial charge in [-0.3, -0.25) is 9.78 Å². The number of anilines is 1. The summed E-state index contributed by atoms with van der Waals surface area (Å²) in [4.78, 5) is 16.7. The van der Waals surface area contributed by atoms with Crippen LogP contribution in [0.5, 0.6) is 11.5 Å². The van der Waals surface area contributed by atoms with Gasteiger partial charge in [0.25, 0.3) is 5.91 Å². The summed E-state index contributed by atoms with van der Waals surface area (Å²) in [5.41, 5.74) is 1.72. The number of halogens is 2. The van der Waals surface area contributed by atoms with Crippen LogP contribution in [0.4, 0.5) is 5.69 Å². The highest BCUT2D eigenvalue weighted by Crippen LogP contribution is 2.34. The van der Waals surface area contributed by atoms with Gasteiger partial charge in [-0.15, -0.1) is 0 Å². The van der Waals surface area contributed by atoms with Gasteiger partial charge >= 0.3 is 0 Å². The summed E-state index contributed by atoms with van der Waals surface area (Å²) < 4.78 is 10.8. The molecule has 0 saturated carbocycles. The molecule has 27 heavy (non-hydrogen) atoms. The smallest absolute Gasteiger partial charge is 0.255 e. The summed E-state index contributed by atoms with van der Waals surface area (Å²) in [7, 11) is 1.46. The summed E-state index contributed by atoms with van der Waals surface area (Å²) >= 11 is 12.2. The Balaban J connectivity index is 1.69. The minimum atomic E-state index is -0.344. The van der Waals surface area contributed by atoms with Crippen LogP contribution in [-0.4, -0.2) is 18.0 Å². The Morgan fingerprint density at radius 2 is 1.85 bits per heavy atom. The standard InChI is InChI=1S/C20H16Cl2N2O3/c1-26-19-17(21)9-13(10-18(19)22)20(25)24-14-6-4-7-16(11-14)27-12-15-5-2-3-8-23-15/h2-11H,12H2,1H3,(H,24,25). The lowest BCUT2D eigenvalue weighted by Crippen LogP contribution is -2.12. The van der Waals surface area contributed by atoms with E-state index in [4.69, 9.17) is 32.7 Å². The number of aromatic nitrogens is 1. The number of carbonyl (C=O) groups is 1. The fraction of sp³-hybridized carbons (Fsp3) is 0.100. The first-order chi connectivity index (χ1) is 13.1. The zero-order chi connectivity index (χ0) is 19.2. The van der Waals surface area contributed by atoms with E-state index < -0.39 is 0 Å². The molecular weight excluding hydrogens is 387 g/mol. The van der Waals surface area contributed by atoms with E-state index >= 15 is 0 Å². The third-order valence-electron chi connectivity index (χ3n) is 3.67. The molecule has 0 spiro atoms. The summed E-state index contributed by atoms with van der Waals surface area (Å²) in [5.74, 6) is 0.604. The Kier molecular flexibility index (Phi) is 6.16.